The fourth-order valence-electron chi connectivity index (χ4n) is 3.32. The van der Waals surface area contributed by atoms with Gasteiger partial charge in [0.1, 0.15) is 36.7 Å². The highest BCUT2D eigenvalue weighted by Crippen LogP contribution is 2.35. The molecule has 2 aromatic rings. The van der Waals surface area contributed by atoms with Crippen molar-refractivity contribution in [1.82, 2.24) is 9.97 Å². The quantitative estimate of drug-likeness (QED) is 0.400. The zero-order chi connectivity index (χ0) is 22.2. The average molecular weight is 455 g/mol. The van der Waals surface area contributed by atoms with Crippen LogP contribution >= 0.6 is 11.6 Å². The number of hydrogen-bond acceptors (Lipinski definition) is 10. The minimum absolute atomic E-state index is 0.0767. The SMILES string of the molecule is COCOc1ccc(N2C[C@H](OCOC)[C@@H](OCOC)C2)cc1-c1cc(Cl)nc(N)n1. The lowest BCUT2D eigenvalue weighted by atomic mass is 10.1. The highest BCUT2D eigenvalue weighted by Gasteiger charge is 2.35. The largest absolute Gasteiger partial charge is 0.467 e. The third-order valence-electron chi connectivity index (χ3n) is 4.66. The molecule has 10 nitrogen and oxygen atoms in total. The van der Waals surface area contributed by atoms with E-state index in [1.807, 2.05) is 18.2 Å². The van der Waals surface area contributed by atoms with Crippen molar-refractivity contribution < 1.29 is 28.4 Å². The molecule has 3 rings (SSSR count). The number of hydrogen-bond donors (Lipinski definition) is 1. The van der Waals surface area contributed by atoms with Crippen LogP contribution in [0.3, 0.4) is 0 Å². The number of nitrogens with two attached hydrogens (primary N) is 1. The standard InChI is InChI=1S/C20H27ClN4O6/c1-26-10-29-16-5-4-13(6-14(16)15-7-19(21)24-20(22)23-15)25-8-17(30-11-27-2)18(9-25)31-12-28-3/h4-7,17-18H,8-12H2,1-3H3,(H2,22,23,24)/t17-,18-/m0/s1. The van der Waals surface area contributed by atoms with Crippen molar-refractivity contribution in [3.63, 3.8) is 0 Å². The second kappa shape index (κ2) is 11.4. The van der Waals surface area contributed by atoms with Crippen LogP contribution in [0.2, 0.25) is 5.15 Å². The minimum atomic E-state index is -0.174. The van der Waals surface area contributed by atoms with Crippen LogP contribution in [0.25, 0.3) is 11.3 Å². The molecule has 0 spiro atoms. The molecule has 0 unspecified atom stereocenters. The van der Waals surface area contributed by atoms with Gasteiger partial charge in [0, 0.05) is 51.7 Å². The van der Waals surface area contributed by atoms with Crippen LogP contribution in [0.1, 0.15) is 0 Å². The molecule has 0 amide bonds. The predicted octanol–water partition coefficient (Wildman–Crippen LogP) is 2.16. The fourth-order valence-corrected chi connectivity index (χ4v) is 3.51. The molecule has 0 bridgehead atoms. The van der Waals surface area contributed by atoms with Gasteiger partial charge in [0.05, 0.1) is 5.69 Å². The summed E-state index contributed by atoms with van der Waals surface area (Å²) in [7, 11) is 4.72. The summed E-state index contributed by atoms with van der Waals surface area (Å²) in [5.74, 6) is 0.658. The second-order valence-electron chi connectivity index (χ2n) is 6.79. The molecule has 31 heavy (non-hydrogen) atoms. The van der Waals surface area contributed by atoms with Crippen LogP contribution in [-0.4, -0.2) is 77.0 Å². The zero-order valence-corrected chi connectivity index (χ0v) is 18.5. The lowest BCUT2D eigenvalue weighted by Gasteiger charge is -2.21. The summed E-state index contributed by atoms with van der Waals surface area (Å²) in [4.78, 5) is 10.4. The van der Waals surface area contributed by atoms with Crippen molar-refractivity contribution in [2.75, 3.05) is 65.4 Å². The smallest absolute Gasteiger partial charge is 0.221 e. The Hall–Kier alpha value is -2.21. The Kier molecular flexibility index (Phi) is 8.64. The molecule has 0 saturated carbocycles. The van der Waals surface area contributed by atoms with Crippen LogP contribution in [0.5, 0.6) is 5.75 Å². The van der Waals surface area contributed by atoms with Gasteiger partial charge in [-0.25, -0.2) is 9.97 Å². The Balaban J connectivity index is 1.90. The van der Waals surface area contributed by atoms with E-state index in [2.05, 4.69) is 14.9 Å². The van der Waals surface area contributed by atoms with Gasteiger partial charge in [-0.3, -0.25) is 0 Å². The highest BCUT2D eigenvalue weighted by molar-refractivity contribution is 6.29. The molecule has 2 heterocycles. The fraction of sp³-hybridized carbons (Fsp3) is 0.500. The average Bonchev–Trinajstić information content (AvgIpc) is 3.17. The number of methoxy groups -OCH3 is 3. The molecule has 1 aromatic heterocycles. The topological polar surface area (TPSA) is 110 Å². The number of anilines is 2. The van der Waals surface area contributed by atoms with E-state index >= 15 is 0 Å². The van der Waals surface area contributed by atoms with E-state index in [0.29, 0.717) is 30.1 Å². The summed E-state index contributed by atoms with van der Waals surface area (Å²) in [6.07, 6.45) is -0.348. The van der Waals surface area contributed by atoms with Gasteiger partial charge in [-0.05, 0) is 18.2 Å². The number of benzene rings is 1. The summed E-state index contributed by atoms with van der Waals surface area (Å²) in [5, 5.41) is 0.243. The first-order valence-electron chi connectivity index (χ1n) is 9.58. The molecular formula is C20H27ClN4O6. The molecule has 1 aliphatic heterocycles. The molecular weight excluding hydrogens is 428 g/mol. The van der Waals surface area contributed by atoms with Crippen LogP contribution < -0.4 is 15.4 Å². The van der Waals surface area contributed by atoms with Gasteiger partial charge in [-0.2, -0.15) is 0 Å². The van der Waals surface area contributed by atoms with E-state index in [-0.39, 0.29) is 43.7 Å². The van der Waals surface area contributed by atoms with Gasteiger partial charge in [0.2, 0.25) is 5.95 Å². The Morgan fingerprint density at radius 3 is 2.19 bits per heavy atom. The molecule has 170 valence electrons. The van der Waals surface area contributed by atoms with Gasteiger partial charge in [-0.1, -0.05) is 11.6 Å². The van der Waals surface area contributed by atoms with Gasteiger partial charge < -0.3 is 39.1 Å². The van der Waals surface area contributed by atoms with Crippen molar-refractivity contribution in [2.45, 2.75) is 12.2 Å². The van der Waals surface area contributed by atoms with Crippen LogP contribution in [0.15, 0.2) is 24.3 Å². The lowest BCUT2D eigenvalue weighted by Crippen LogP contribution is -2.31. The molecule has 0 radical (unpaired) electrons. The third kappa shape index (κ3) is 6.16. The van der Waals surface area contributed by atoms with E-state index in [1.54, 1.807) is 27.4 Å². The van der Waals surface area contributed by atoms with Crippen LogP contribution in [0, 0.1) is 0 Å². The summed E-state index contributed by atoms with van der Waals surface area (Å²) in [5.41, 5.74) is 7.99. The molecule has 11 heteroatoms. The van der Waals surface area contributed by atoms with Crippen molar-refractivity contribution in [3.05, 3.63) is 29.4 Å². The maximum Gasteiger partial charge on any atom is 0.221 e. The maximum atomic E-state index is 6.10. The Morgan fingerprint density at radius 2 is 1.61 bits per heavy atom. The second-order valence-corrected chi connectivity index (χ2v) is 7.18. The molecule has 2 atom stereocenters. The molecule has 2 N–H and O–H groups in total. The van der Waals surface area contributed by atoms with Gasteiger partial charge in [-0.15, -0.1) is 0 Å². The van der Waals surface area contributed by atoms with Gasteiger partial charge >= 0.3 is 0 Å². The number of nitrogens with zero attached hydrogens (tertiary/aromatic N) is 3. The lowest BCUT2D eigenvalue weighted by molar-refractivity contribution is -0.139. The third-order valence-corrected chi connectivity index (χ3v) is 4.86. The van der Waals surface area contributed by atoms with Crippen molar-refractivity contribution in [1.29, 1.82) is 0 Å². The summed E-state index contributed by atoms with van der Waals surface area (Å²) in [6.45, 7) is 1.67. The summed E-state index contributed by atoms with van der Waals surface area (Å²) >= 11 is 6.10. The van der Waals surface area contributed by atoms with Crippen LogP contribution in [0.4, 0.5) is 11.6 Å². The molecule has 0 aliphatic carbocycles. The highest BCUT2D eigenvalue weighted by atomic mass is 35.5. The predicted molar refractivity (Wildman–Crippen MR) is 115 cm³/mol. The monoisotopic (exact) mass is 454 g/mol. The first kappa shape index (κ1) is 23.5. The first-order chi connectivity index (χ1) is 15.0. The van der Waals surface area contributed by atoms with Gasteiger partial charge in [0.25, 0.3) is 0 Å². The first-order valence-corrected chi connectivity index (χ1v) is 9.95. The van der Waals surface area contributed by atoms with Crippen molar-refractivity contribution in [3.8, 4) is 17.0 Å². The normalized spacial score (nSPS) is 18.5. The molecule has 1 aliphatic rings. The van der Waals surface area contributed by atoms with E-state index in [0.717, 1.165) is 5.69 Å². The van der Waals surface area contributed by atoms with E-state index in [4.69, 9.17) is 45.8 Å². The van der Waals surface area contributed by atoms with E-state index < -0.39 is 0 Å². The Morgan fingerprint density at radius 1 is 0.968 bits per heavy atom. The molecule has 1 aromatic carbocycles. The minimum Gasteiger partial charge on any atom is -0.467 e. The zero-order valence-electron chi connectivity index (χ0n) is 17.7. The Labute approximate surface area is 186 Å². The summed E-state index contributed by atoms with van der Waals surface area (Å²) < 4.78 is 32.5. The van der Waals surface area contributed by atoms with E-state index in [9.17, 15) is 0 Å². The maximum absolute atomic E-state index is 6.10. The van der Waals surface area contributed by atoms with Crippen LogP contribution in [-0.2, 0) is 23.7 Å². The number of rotatable bonds is 11. The Bertz CT molecular complexity index is 822. The summed E-state index contributed by atoms with van der Waals surface area (Å²) in [6, 6.07) is 7.39. The van der Waals surface area contributed by atoms with E-state index in [1.165, 1.54) is 0 Å². The number of aromatic nitrogens is 2. The number of halogens is 1. The van der Waals surface area contributed by atoms with Gasteiger partial charge in [0.15, 0.2) is 6.79 Å². The molecule has 1 saturated heterocycles. The molecule has 1 fully saturated rings. The van der Waals surface area contributed by atoms with Crippen molar-refractivity contribution >= 4 is 23.2 Å². The number of ether oxygens (including phenoxy) is 6. The number of nitrogen functional groups attached to an aromatic ring is 1. The van der Waals surface area contributed by atoms with Crippen molar-refractivity contribution in [2.24, 2.45) is 0 Å².